The molecule has 0 aromatic rings. The lowest BCUT2D eigenvalue weighted by Crippen LogP contribution is -2.34. The molecule has 0 fully saturated rings. The number of thioether (sulfide) groups is 1. The average molecular weight is 246 g/mol. The van der Waals surface area contributed by atoms with Gasteiger partial charge in [-0.05, 0) is 20.1 Å². The number of hydrogen-bond acceptors (Lipinski definition) is 5. The molecule has 0 saturated heterocycles. The van der Waals surface area contributed by atoms with Crippen LogP contribution in [-0.4, -0.2) is 36.2 Å². The second-order valence-corrected chi connectivity index (χ2v) is 3.75. The van der Waals surface area contributed by atoms with E-state index >= 15 is 0 Å². The van der Waals surface area contributed by atoms with Crippen LogP contribution in [0.2, 0.25) is 0 Å². The zero-order valence-corrected chi connectivity index (χ0v) is 10.9. The van der Waals surface area contributed by atoms with Gasteiger partial charge in [-0.1, -0.05) is 0 Å². The average Bonchev–Trinajstić information content (AvgIpc) is 2.24. The summed E-state index contributed by atoms with van der Waals surface area (Å²) >= 11 is 1.21. The highest BCUT2D eigenvalue weighted by Gasteiger charge is 2.23. The van der Waals surface area contributed by atoms with Crippen LogP contribution in [0.1, 0.15) is 20.8 Å². The van der Waals surface area contributed by atoms with Crippen molar-refractivity contribution in [1.82, 2.24) is 4.90 Å². The number of rotatable bonds is 5. The van der Waals surface area contributed by atoms with Gasteiger partial charge < -0.3 is 15.4 Å². The van der Waals surface area contributed by atoms with E-state index in [2.05, 4.69) is 0 Å². The Labute approximate surface area is 100.0 Å². The van der Waals surface area contributed by atoms with E-state index in [0.717, 1.165) is 0 Å². The van der Waals surface area contributed by atoms with Crippen molar-refractivity contribution >= 4 is 23.6 Å². The van der Waals surface area contributed by atoms with Crippen LogP contribution in [0.5, 0.6) is 0 Å². The quantitative estimate of drug-likeness (QED) is 0.576. The smallest absolute Gasteiger partial charge is 0.357 e. The fourth-order valence-corrected chi connectivity index (χ4v) is 1.57. The summed E-state index contributed by atoms with van der Waals surface area (Å²) in [5.74, 6) is -0.797. The molecule has 92 valence electrons. The van der Waals surface area contributed by atoms with Crippen molar-refractivity contribution in [2.24, 2.45) is 5.73 Å². The summed E-state index contributed by atoms with van der Waals surface area (Å²) in [4.78, 5) is 24.4. The molecule has 6 heteroatoms. The number of esters is 1. The molecule has 0 aromatic heterocycles. The van der Waals surface area contributed by atoms with Crippen molar-refractivity contribution in [2.75, 3.05) is 19.4 Å². The summed E-state index contributed by atoms with van der Waals surface area (Å²) in [6.45, 7) is 5.49. The molecule has 0 heterocycles. The number of ether oxygens (including phenoxy) is 1. The van der Waals surface area contributed by atoms with E-state index in [-0.39, 0.29) is 23.2 Å². The van der Waals surface area contributed by atoms with E-state index in [1.165, 1.54) is 23.6 Å². The van der Waals surface area contributed by atoms with Crippen LogP contribution in [0.4, 0.5) is 0 Å². The molecular weight excluding hydrogens is 228 g/mol. The minimum atomic E-state index is -0.564. The fraction of sp³-hybridized carbons (Fsp3) is 0.600. The van der Waals surface area contributed by atoms with Gasteiger partial charge in [0.1, 0.15) is 0 Å². The molecule has 0 spiro atoms. The number of hydrogen-bond donors (Lipinski definition) is 1. The molecule has 16 heavy (non-hydrogen) atoms. The number of nitrogens with two attached hydrogens (primary N) is 1. The van der Waals surface area contributed by atoms with Crippen LogP contribution >= 0.6 is 11.8 Å². The van der Waals surface area contributed by atoms with E-state index in [1.54, 1.807) is 20.1 Å². The molecule has 0 aliphatic carbocycles. The normalized spacial score (nSPS) is 11.8. The van der Waals surface area contributed by atoms with Crippen molar-refractivity contribution in [3.63, 3.8) is 0 Å². The Kier molecular flexibility index (Phi) is 6.64. The van der Waals surface area contributed by atoms with Crippen LogP contribution < -0.4 is 5.73 Å². The second kappa shape index (κ2) is 7.16. The largest absolute Gasteiger partial charge is 0.461 e. The first-order chi connectivity index (χ1) is 7.49. The molecule has 0 atom stereocenters. The zero-order valence-electron chi connectivity index (χ0n) is 10.1. The Morgan fingerprint density at radius 1 is 1.38 bits per heavy atom. The molecule has 0 unspecified atom stereocenters. The molecule has 1 amide bonds. The maximum atomic E-state index is 11.7. The Morgan fingerprint density at radius 2 is 1.94 bits per heavy atom. The molecule has 0 bridgehead atoms. The summed E-state index contributed by atoms with van der Waals surface area (Å²) in [5, 5.41) is 0.288. The molecule has 0 rings (SSSR count). The lowest BCUT2D eigenvalue weighted by molar-refractivity contribution is -0.143. The third-order valence-corrected chi connectivity index (χ3v) is 2.52. The zero-order chi connectivity index (χ0) is 12.7. The number of amides is 1. The van der Waals surface area contributed by atoms with Crippen molar-refractivity contribution in [3.05, 3.63) is 10.7 Å². The number of carbonyl (C=O) groups is 2. The topological polar surface area (TPSA) is 72.6 Å². The second-order valence-electron chi connectivity index (χ2n) is 2.90. The Hall–Kier alpha value is -1.17. The van der Waals surface area contributed by atoms with Gasteiger partial charge in [0.2, 0.25) is 5.91 Å². The predicted octanol–water partition coefficient (Wildman–Crippen LogP) is 0.909. The van der Waals surface area contributed by atoms with Gasteiger partial charge in [-0.3, -0.25) is 4.79 Å². The van der Waals surface area contributed by atoms with Crippen molar-refractivity contribution in [3.8, 4) is 0 Å². The molecule has 0 aromatic carbocycles. The molecule has 0 radical (unpaired) electrons. The van der Waals surface area contributed by atoms with E-state index in [4.69, 9.17) is 10.5 Å². The predicted molar refractivity (Wildman–Crippen MR) is 64.4 cm³/mol. The van der Waals surface area contributed by atoms with Gasteiger partial charge in [0.25, 0.3) is 0 Å². The molecule has 0 aliphatic rings. The van der Waals surface area contributed by atoms with Gasteiger partial charge in [-0.15, -0.1) is 11.8 Å². The number of nitrogens with zero attached hydrogens (tertiary/aromatic N) is 1. The Morgan fingerprint density at radius 3 is 2.25 bits per heavy atom. The Bertz CT molecular complexity index is 302. The fourth-order valence-electron chi connectivity index (χ4n) is 1.18. The lowest BCUT2D eigenvalue weighted by Gasteiger charge is -2.22. The molecule has 0 saturated carbocycles. The Balaban J connectivity index is 5.24. The van der Waals surface area contributed by atoms with Crippen LogP contribution in [0.25, 0.3) is 0 Å². The maximum absolute atomic E-state index is 11.7. The highest BCUT2D eigenvalue weighted by molar-refractivity contribution is 8.02. The highest BCUT2D eigenvalue weighted by atomic mass is 32.2. The van der Waals surface area contributed by atoms with Gasteiger partial charge in [-0.25, -0.2) is 4.79 Å². The van der Waals surface area contributed by atoms with Gasteiger partial charge in [-0.2, -0.15) is 0 Å². The monoisotopic (exact) mass is 246 g/mol. The SMILES string of the molecule is CCOC(=O)/C(=C(/N)SC)N(CC)C(C)=O. The van der Waals surface area contributed by atoms with Gasteiger partial charge in [0.15, 0.2) is 5.70 Å². The molecule has 2 N–H and O–H groups in total. The standard InChI is InChI=1S/C10H18N2O3S/c1-5-12(7(3)13)8(9(11)16-4)10(14)15-6-2/h5-6,11H2,1-4H3/b9-8+. The van der Waals surface area contributed by atoms with Gasteiger partial charge in [0, 0.05) is 13.5 Å². The van der Waals surface area contributed by atoms with E-state index < -0.39 is 5.97 Å². The lowest BCUT2D eigenvalue weighted by atomic mass is 10.3. The van der Waals surface area contributed by atoms with Crippen LogP contribution in [-0.2, 0) is 14.3 Å². The van der Waals surface area contributed by atoms with E-state index in [9.17, 15) is 9.59 Å². The van der Waals surface area contributed by atoms with E-state index in [1.807, 2.05) is 0 Å². The highest BCUT2D eigenvalue weighted by Crippen LogP contribution is 2.17. The van der Waals surface area contributed by atoms with E-state index in [0.29, 0.717) is 6.54 Å². The van der Waals surface area contributed by atoms with Gasteiger partial charge >= 0.3 is 5.97 Å². The first-order valence-corrected chi connectivity index (χ1v) is 6.20. The van der Waals surface area contributed by atoms with Crippen molar-refractivity contribution in [1.29, 1.82) is 0 Å². The van der Waals surface area contributed by atoms with Crippen LogP contribution in [0, 0.1) is 0 Å². The summed E-state index contributed by atoms with van der Waals surface area (Å²) in [6.07, 6.45) is 1.74. The molecule has 0 aliphatic heterocycles. The van der Waals surface area contributed by atoms with Crippen molar-refractivity contribution in [2.45, 2.75) is 20.8 Å². The third-order valence-electron chi connectivity index (χ3n) is 1.89. The third kappa shape index (κ3) is 3.77. The summed E-state index contributed by atoms with van der Waals surface area (Å²) in [7, 11) is 0. The number of carbonyl (C=O) groups excluding carboxylic acids is 2. The molecular formula is C10H18N2O3S. The van der Waals surface area contributed by atoms with Crippen LogP contribution in [0.3, 0.4) is 0 Å². The summed E-state index contributed by atoms with van der Waals surface area (Å²) < 4.78 is 4.88. The summed E-state index contributed by atoms with van der Waals surface area (Å²) in [6, 6.07) is 0. The van der Waals surface area contributed by atoms with Crippen LogP contribution in [0.15, 0.2) is 10.7 Å². The number of likely N-dealkylation sites (N-methyl/N-ethyl adjacent to an activating group) is 1. The first kappa shape index (κ1) is 14.8. The molecule has 5 nitrogen and oxygen atoms in total. The maximum Gasteiger partial charge on any atom is 0.357 e. The summed E-state index contributed by atoms with van der Waals surface area (Å²) in [5.41, 5.74) is 5.84. The van der Waals surface area contributed by atoms with Gasteiger partial charge in [0.05, 0.1) is 11.6 Å². The minimum Gasteiger partial charge on any atom is -0.461 e. The first-order valence-electron chi connectivity index (χ1n) is 4.98. The van der Waals surface area contributed by atoms with Crippen molar-refractivity contribution < 1.29 is 14.3 Å². The minimum absolute atomic E-state index is 0.129.